The maximum absolute atomic E-state index is 12.4. The lowest BCUT2D eigenvalue weighted by Crippen LogP contribution is -2.29. The Balaban J connectivity index is 3.01. The molecule has 0 saturated heterocycles. The van der Waals surface area contributed by atoms with Crippen molar-refractivity contribution in [3.05, 3.63) is 41.8 Å². The van der Waals surface area contributed by atoms with E-state index in [-0.39, 0.29) is 29.4 Å². The number of benzene rings is 1. The van der Waals surface area contributed by atoms with Crippen LogP contribution in [0.5, 0.6) is 0 Å². The van der Waals surface area contributed by atoms with Crippen LogP contribution < -0.4 is 0 Å². The first kappa shape index (κ1) is 18.9. The Morgan fingerprint density at radius 1 is 1.04 bits per heavy atom. The standard InChI is InChI=1S/C16H20O6S/c1-4-21-15(17)14(16(18)22-5-2)11-12(3)23(19,20)13-9-7-6-8-10-13/h6-10,14H,3-5,11H2,1-2H3. The van der Waals surface area contributed by atoms with Crippen LogP contribution in [-0.2, 0) is 28.9 Å². The van der Waals surface area contributed by atoms with Crippen LogP contribution in [0, 0.1) is 5.92 Å². The minimum Gasteiger partial charge on any atom is -0.465 e. The number of carbonyl (C=O) groups is 2. The topological polar surface area (TPSA) is 86.7 Å². The molecule has 0 aliphatic rings. The SMILES string of the molecule is C=C(CC(C(=O)OCC)C(=O)OCC)S(=O)(=O)c1ccccc1. The second-order valence-corrected chi connectivity index (χ2v) is 6.67. The fourth-order valence-corrected chi connectivity index (χ4v) is 3.09. The Morgan fingerprint density at radius 3 is 1.96 bits per heavy atom. The van der Waals surface area contributed by atoms with Gasteiger partial charge in [-0.05, 0) is 26.0 Å². The molecule has 0 unspecified atom stereocenters. The fraction of sp³-hybridized carbons (Fsp3) is 0.375. The van der Waals surface area contributed by atoms with Gasteiger partial charge in [-0.1, -0.05) is 24.8 Å². The molecule has 0 radical (unpaired) electrons. The highest BCUT2D eigenvalue weighted by Crippen LogP contribution is 2.24. The summed E-state index contributed by atoms with van der Waals surface area (Å²) in [6.45, 7) is 6.86. The molecule has 126 valence electrons. The van der Waals surface area contributed by atoms with Gasteiger partial charge in [-0.3, -0.25) is 9.59 Å². The van der Waals surface area contributed by atoms with Crippen molar-refractivity contribution in [2.75, 3.05) is 13.2 Å². The molecule has 0 N–H and O–H groups in total. The first-order valence-corrected chi connectivity index (χ1v) is 8.64. The molecule has 0 heterocycles. The molecule has 0 aromatic heterocycles. The Labute approximate surface area is 136 Å². The Bertz CT molecular complexity index is 645. The fourth-order valence-electron chi connectivity index (χ4n) is 1.85. The van der Waals surface area contributed by atoms with Gasteiger partial charge in [-0.25, -0.2) is 8.42 Å². The van der Waals surface area contributed by atoms with E-state index in [1.165, 1.54) is 12.1 Å². The van der Waals surface area contributed by atoms with Gasteiger partial charge in [-0.2, -0.15) is 0 Å². The van der Waals surface area contributed by atoms with Crippen molar-refractivity contribution in [3.8, 4) is 0 Å². The summed E-state index contributed by atoms with van der Waals surface area (Å²) in [6, 6.07) is 7.68. The average Bonchev–Trinajstić information content (AvgIpc) is 2.53. The highest BCUT2D eigenvalue weighted by atomic mass is 32.2. The predicted octanol–water partition coefficient (Wildman–Crippen LogP) is 2.11. The zero-order chi connectivity index (χ0) is 17.5. The van der Waals surface area contributed by atoms with Crippen LogP contribution >= 0.6 is 0 Å². The Hall–Kier alpha value is -2.15. The van der Waals surface area contributed by atoms with E-state index in [2.05, 4.69) is 6.58 Å². The summed E-state index contributed by atoms with van der Waals surface area (Å²) < 4.78 is 34.5. The molecule has 0 amide bonds. The maximum Gasteiger partial charge on any atom is 0.320 e. The van der Waals surface area contributed by atoms with Crippen LogP contribution in [0.25, 0.3) is 0 Å². The van der Waals surface area contributed by atoms with Crippen molar-refractivity contribution in [3.63, 3.8) is 0 Å². The summed E-state index contributed by atoms with van der Waals surface area (Å²) in [5, 5.41) is 0. The highest BCUT2D eigenvalue weighted by molar-refractivity contribution is 7.95. The van der Waals surface area contributed by atoms with Crippen molar-refractivity contribution in [2.45, 2.75) is 25.2 Å². The minimum absolute atomic E-state index is 0.0523. The maximum atomic E-state index is 12.4. The number of esters is 2. The normalized spacial score (nSPS) is 11.1. The van der Waals surface area contributed by atoms with Gasteiger partial charge >= 0.3 is 11.9 Å². The quantitative estimate of drug-likeness (QED) is 0.532. The molecule has 0 aliphatic carbocycles. The largest absolute Gasteiger partial charge is 0.465 e. The lowest BCUT2D eigenvalue weighted by atomic mass is 10.1. The number of hydrogen-bond donors (Lipinski definition) is 0. The summed E-state index contributed by atoms with van der Waals surface area (Å²) in [6.07, 6.45) is -0.380. The summed E-state index contributed by atoms with van der Waals surface area (Å²) in [4.78, 5) is 23.6. The van der Waals surface area contributed by atoms with Gasteiger partial charge < -0.3 is 9.47 Å². The van der Waals surface area contributed by atoms with Gasteiger partial charge in [0, 0.05) is 11.3 Å². The molecule has 23 heavy (non-hydrogen) atoms. The summed E-state index contributed by atoms with van der Waals surface area (Å²) in [5.41, 5.74) is 0. The van der Waals surface area contributed by atoms with E-state index in [4.69, 9.17) is 9.47 Å². The van der Waals surface area contributed by atoms with Gasteiger partial charge in [0.15, 0.2) is 5.92 Å². The molecule has 6 nitrogen and oxygen atoms in total. The van der Waals surface area contributed by atoms with Gasteiger partial charge in [0.1, 0.15) is 0 Å². The van der Waals surface area contributed by atoms with Crippen LogP contribution in [0.1, 0.15) is 20.3 Å². The van der Waals surface area contributed by atoms with Crippen molar-refractivity contribution >= 4 is 21.8 Å². The first-order chi connectivity index (χ1) is 10.8. The van der Waals surface area contributed by atoms with Crippen LogP contribution in [0.2, 0.25) is 0 Å². The van der Waals surface area contributed by atoms with E-state index >= 15 is 0 Å². The molecule has 0 saturated carbocycles. The molecule has 1 aromatic rings. The van der Waals surface area contributed by atoms with Gasteiger partial charge in [0.2, 0.25) is 9.84 Å². The Kier molecular flexibility index (Phi) is 6.96. The molecule has 1 aromatic carbocycles. The van der Waals surface area contributed by atoms with Crippen molar-refractivity contribution < 1.29 is 27.5 Å². The molecule has 0 aliphatic heterocycles. The van der Waals surface area contributed by atoms with Gasteiger partial charge in [0.05, 0.1) is 18.1 Å². The second-order valence-electron chi connectivity index (χ2n) is 4.62. The van der Waals surface area contributed by atoms with Crippen LogP contribution in [0.15, 0.2) is 46.7 Å². The van der Waals surface area contributed by atoms with Gasteiger partial charge in [0.25, 0.3) is 0 Å². The molecular weight excluding hydrogens is 320 g/mol. The molecule has 0 spiro atoms. The van der Waals surface area contributed by atoms with Crippen LogP contribution in [-0.4, -0.2) is 33.6 Å². The smallest absolute Gasteiger partial charge is 0.320 e. The molecule has 1 rings (SSSR count). The summed E-state index contributed by atoms with van der Waals surface area (Å²) in [5.74, 6) is -2.99. The van der Waals surface area contributed by atoms with Gasteiger partial charge in [-0.15, -0.1) is 0 Å². The van der Waals surface area contributed by atoms with E-state index in [0.717, 1.165) is 0 Å². The molecule has 0 bridgehead atoms. The number of allylic oxidation sites excluding steroid dienone is 1. The average molecular weight is 340 g/mol. The van der Waals surface area contributed by atoms with E-state index in [9.17, 15) is 18.0 Å². The van der Waals surface area contributed by atoms with Crippen molar-refractivity contribution in [1.29, 1.82) is 0 Å². The molecular formula is C16H20O6S. The Morgan fingerprint density at radius 2 is 1.52 bits per heavy atom. The van der Waals surface area contributed by atoms with Crippen molar-refractivity contribution in [2.24, 2.45) is 5.92 Å². The zero-order valence-corrected chi connectivity index (χ0v) is 14.0. The first-order valence-electron chi connectivity index (χ1n) is 7.15. The van der Waals surface area contributed by atoms with Crippen molar-refractivity contribution in [1.82, 2.24) is 0 Å². The number of rotatable bonds is 8. The summed E-state index contributed by atoms with van der Waals surface area (Å²) >= 11 is 0. The molecule has 0 atom stereocenters. The number of carbonyl (C=O) groups excluding carboxylic acids is 2. The lowest BCUT2D eigenvalue weighted by Gasteiger charge is -2.15. The monoisotopic (exact) mass is 340 g/mol. The minimum atomic E-state index is -3.84. The number of sulfone groups is 1. The second kappa shape index (κ2) is 8.47. The third-order valence-electron chi connectivity index (χ3n) is 3.01. The predicted molar refractivity (Wildman–Crippen MR) is 84.1 cm³/mol. The van der Waals surface area contributed by atoms with Crippen LogP contribution in [0.4, 0.5) is 0 Å². The lowest BCUT2D eigenvalue weighted by molar-refractivity contribution is -0.161. The number of hydrogen-bond acceptors (Lipinski definition) is 6. The molecule has 0 fully saturated rings. The zero-order valence-electron chi connectivity index (χ0n) is 13.2. The third kappa shape index (κ3) is 4.92. The summed E-state index contributed by atoms with van der Waals surface area (Å²) in [7, 11) is -3.84. The van der Waals surface area contributed by atoms with E-state index in [1.807, 2.05) is 0 Å². The van der Waals surface area contributed by atoms with Crippen LogP contribution in [0.3, 0.4) is 0 Å². The molecule has 7 heteroatoms. The van der Waals surface area contributed by atoms with E-state index in [0.29, 0.717) is 0 Å². The van der Waals surface area contributed by atoms with E-state index < -0.39 is 27.7 Å². The van der Waals surface area contributed by atoms with E-state index in [1.54, 1.807) is 32.0 Å². The third-order valence-corrected chi connectivity index (χ3v) is 4.83. The highest BCUT2D eigenvalue weighted by Gasteiger charge is 2.33. The number of ether oxygens (including phenoxy) is 2.